The molecule has 0 radical (unpaired) electrons. The van der Waals surface area contributed by atoms with E-state index in [-0.39, 0.29) is 6.61 Å². The van der Waals surface area contributed by atoms with Crippen LogP contribution >= 0.6 is 0 Å². The average molecular weight is 290 g/mol. The van der Waals surface area contributed by atoms with Gasteiger partial charge in [0.15, 0.2) is 0 Å². The van der Waals surface area contributed by atoms with Crippen molar-refractivity contribution >= 4 is 11.8 Å². The number of aliphatic hydroxyl groups is 1. The first-order chi connectivity index (χ1) is 10.3. The third kappa shape index (κ3) is 4.74. The molecule has 0 unspecified atom stereocenters. The van der Waals surface area contributed by atoms with Gasteiger partial charge in [0.05, 0.1) is 6.61 Å². The Morgan fingerprint density at radius 1 is 1.19 bits per heavy atom. The van der Waals surface area contributed by atoms with Gasteiger partial charge in [-0.2, -0.15) is 0 Å². The smallest absolute Gasteiger partial charge is 0.0555 e. The molecule has 4 N–H and O–H groups in total. The van der Waals surface area contributed by atoms with Crippen molar-refractivity contribution in [2.75, 3.05) is 51.7 Å². The molecule has 1 aromatic rings. The molecule has 5 heteroatoms. The van der Waals surface area contributed by atoms with Gasteiger partial charge in [-0.05, 0) is 24.8 Å². The Kier molecular flexibility index (Phi) is 6.53. The highest BCUT2D eigenvalue weighted by Gasteiger charge is 2.12. The van der Waals surface area contributed by atoms with Crippen molar-refractivity contribution in [2.45, 2.75) is 6.54 Å². The lowest BCUT2D eigenvalue weighted by Crippen LogP contribution is -2.31. The predicted molar refractivity (Wildman–Crippen MR) is 88.3 cm³/mol. The minimum Gasteiger partial charge on any atom is -0.395 e. The normalized spacial score (nSPS) is 13.3. The average Bonchev–Trinajstić information content (AvgIpc) is 2.52. The summed E-state index contributed by atoms with van der Waals surface area (Å²) in [6.45, 7) is 5.52. The van der Waals surface area contributed by atoms with Crippen molar-refractivity contribution in [1.82, 2.24) is 15.5 Å². The van der Waals surface area contributed by atoms with Gasteiger partial charge in [0.1, 0.15) is 0 Å². The number of nitrogens with zero attached hydrogens (tertiary/aromatic N) is 1. The minimum atomic E-state index is 0.195. The number of hydrogen-bond acceptors (Lipinski definition) is 5. The molecule has 1 aliphatic rings. The summed E-state index contributed by atoms with van der Waals surface area (Å²) in [6.07, 6.45) is 4.35. The molecule has 0 spiro atoms. The second-order valence-corrected chi connectivity index (χ2v) is 5.17. The maximum atomic E-state index is 8.75. The van der Waals surface area contributed by atoms with Gasteiger partial charge in [0, 0.05) is 56.7 Å². The molecular weight excluding hydrogens is 264 g/mol. The Balaban J connectivity index is 1.91. The molecule has 0 aliphatic carbocycles. The second kappa shape index (κ2) is 8.67. The maximum absolute atomic E-state index is 8.75. The highest BCUT2D eigenvalue weighted by atomic mass is 16.3. The molecule has 2 rings (SSSR count). The zero-order chi connectivity index (χ0) is 14.9. The second-order valence-electron chi connectivity index (χ2n) is 5.17. The van der Waals surface area contributed by atoms with Crippen LogP contribution in [0.15, 0.2) is 24.4 Å². The van der Waals surface area contributed by atoms with Gasteiger partial charge in [0.2, 0.25) is 0 Å². The molecule has 0 amide bonds. The first-order valence-corrected chi connectivity index (χ1v) is 7.59. The van der Waals surface area contributed by atoms with Crippen LogP contribution in [-0.4, -0.2) is 56.4 Å². The van der Waals surface area contributed by atoms with Crippen LogP contribution in [0.5, 0.6) is 0 Å². The highest BCUT2D eigenvalue weighted by Crippen LogP contribution is 2.26. The number of aliphatic hydroxyl groups excluding tert-OH is 1. The van der Waals surface area contributed by atoms with Gasteiger partial charge in [-0.15, -0.1) is 0 Å². The lowest BCUT2D eigenvalue weighted by atomic mass is 10.0. The topological polar surface area (TPSA) is 59.6 Å². The van der Waals surface area contributed by atoms with Gasteiger partial charge in [-0.25, -0.2) is 0 Å². The molecule has 5 nitrogen and oxygen atoms in total. The fourth-order valence-electron chi connectivity index (χ4n) is 2.46. The van der Waals surface area contributed by atoms with Crippen LogP contribution in [0, 0.1) is 0 Å². The number of rotatable bonds is 9. The monoisotopic (exact) mass is 290 g/mol. The van der Waals surface area contributed by atoms with Crippen molar-refractivity contribution in [2.24, 2.45) is 0 Å². The van der Waals surface area contributed by atoms with Gasteiger partial charge in [-0.3, -0.25) is 0 Å². The lowest BCUT2D eigenvalue weighted by molar-refractivity contribution is 0.286. The Hall–Kier alpha value is -1.56. The molecule has 0 bridgehead atoms. The van der Waals surface area contributed by atoms with E-state index in [2.05, 4.69) is 51.3 Å². The molecule has 116 valence electrons. The van der Waals surface area contributed by atoms with Gasteiger partial charge >= 0.3 is 0 Å². The number of fused-ring (bicyclic) bond motifs is 1. The van der Waals surface area contributed by atoms with E-state index >= 15 is 0 Å². The zero-order valence-corrected chi connectivity index (χ0v) is 12.7. The summed E-state index contributed by atoms with van der Waals surface area (Å²) >= 11 is 0. The standard InChI is InChI=1S/C16H26N4O/c1-17-6-7-19-16-4-2-3-14-13-20(10-5-15(14)16)11-8-18-9-12-21/h2-5,10,17-19,21H,6-9,11-13H2,1H3. The van der Waals surface area contributed by atoms with Gasteiger partial charge in [-0.1, -0.05) is 12.1 Å². The number of hydrogen-bond donors (Lipinski definition) is 4. The van der Waals surface area contributed by atoms with Gasteiger partial charge < -0.3 is 26.0 Å². The first kappa shape index (κ1) is 15.8. The van der Waals surface area contributed by atoms with Crippen LogP contribution < -0.4 is 16.0 Å². The molecule has 0 aromatic heterocycles. The summed E-state index contributed by atoms with van der Waals surface area (Å²) in [5.74, 6) is 0. The molecule has 1 aliphatic heterocycles. The Labute approximate surface area is 127 Å². The third-order valence-electron chi connectivity index (χ3n) is 3.58. The quantitative estimate of drug-likeness (QED) is 0.504. The Morgan fingerprint density at radius 2 is 2.10 bits per heavy atom. The maximum Gasteiger partial charge on any atom is 0.0555 e. The molecule has 0 saturated carbocycles. The summed E-state index contributed by atoms with van der Waals surface area (Å²) in [5.41, 5.74) is 3.86. The van der Waals surface area contributed by atoms with Crippen LogP contribution in [-0.2, 0) is 6.54 Å². The van der Waals surface area contributed by atoms with Crippen LogP contribution in [0.1, 0.15) is 11.1 Å². The minimum absolute atomic E-state index is 0.195. The van der Waals surface area contributed by atoms with Crippen LogP contribution in [0.2, 0.25) is 0 Å². The predicted octanol–water partition coefficient (Wildman–Crippen LogP) is 0.686. The van der Waals surface area contributed by atoms with E-state index < -0.39 is 0 Å². The molecule has 0 saturated heterocycles. The van der Waals surface area contributed by atoms with Crippen LogP contribution in [0.3, 0.4) is 0 Å². The van der Waals surface area contributed by atoms with E-state index in [4.69, 9.17) is 5.11 Å². The molecule has 0 fully saturated rings. The SMILES string of the molecule is CNCCNc1cccc2c1C=CN(CCNCCO)C2. The van der Waals surface area contributed by atoms with Gasteiger partial charge in [0.25, 0.3) is 0 Å². The largest absolute Gasteiger partial charge is 0.395 e. The molecule has 0 atom stereocenters. The molecule has 21 heavy (non-hydrogen) atoms. The van der Waals surface area contributed by atoms with E-state index in [0.29, 0.717) is 6.54 Å². The number of benzene rings is 1. The van der Waals surface area contributed by atoms with Crippen LogP contribution in [0.4, 0.5) is 5.69 Å². The summed E-state index contributed by atoms with van der Waals surface area (Å²) in [6, 6.07) is 6.44. The van der Waals surface area contributed by atoms with Crippen molar-refractivity contribution < 1.29 is 5.11 Å². The van der Waals surface area contributed by atoms with E-state index in [9.17, 15) is 0 Å². The summed E-state index contributed by atoms with van der Waals surface area (Å²) in [7, 11) is 1.96. The van der Waals surface area contributed by atoms with E-state index in [1.807, 2.05) is 7.05 Å². The summed E-state index contributed by atoms with van der Waals surface area (Å²) in [4.78, 5) is 2.30. The number of nitrogens with one attached hydrogen (secondary N) is 3. The van der Waals surface area contributed by atoms with Crippen LogP contribution in [0.25, 0.3) is 6.08 Å². The van der Waals surface area contributed by atoms with Crippen molar-refractivity contribution in [3.63, 3.8) is 0 Å². The molecular formula is C16H26N4O. The van der Waals surface area contributed by atoms with Crippen molar-refractivity contribution in [3.05, 3.63) is 35.5 Å². The molecule has 1 heterocycles. The van der Waals surface area contributed by atoms with Crippen molar-refractivity contribution in [1.29, 1.82) is 0 Å². The van der Waals surface area contributed by atoms with E-state index in [1.54, 1.807) is 0 Å². The molecule has 1 aromatic carbocycles. The van der Waals surface area contributed by atoms with E-state index in [1.165, 1.54) is 16.8 Å². The van der Waals surface area contributed by atoms with Crippen molar-refractivity contribution in [3.8, 4) is 0 Å². The Morgan fingerprint density at radius 3 is 2.90 bits per heavy atom. The van der Waals surface area contributed by atoms with E-state index in [0.717, 1.165) is 32.7 Å². The summed E-state index contributed by atoms with van der Waals surface area (Å²) < 4.78 is 0. The number of anilines is 1. The first-order valence-electron chi connectivity index (χ1n) is 7.59. The highest BCUT2D eigenvalue weighted by molar-refractivity contribution is 5.70. The number of likely N-dealkylation sites (N-methyl/N-ethyl adjacent to an activating group) is 1. The zero-order valence-electron chi connectivity index (χ0n) is 12.7. The fraction of sp³-hybridized carbons (Fsp3) is 0.500. The fourth-order valence-corrected chi connectivity index (χ4v) is 2.46. The third-order valence-corrected chi connectivity index (χ3v) is 3.58. The summed E-state index contributed by atoms with van der Waals surface area (Å²) in [5, 5.41) is 18.6. The lowest BCUT2D eigenvalue weighted by Gasteiger charge is -2.27. The Bertz CT molecular complexity index is 462.